The highest BCUT2D eigenvalue weighted by Crippen LogP contribution is 2.37. The first kappa shape index (κ1) is 13.9. The molecule has 1 N–H and O–H groups in total. The Morgan fingerprint density at radius 1 is 1.20 bits per heavy atom. The lowest BCUT2D eigenvalue weighted by Crippen LogP contribution is -2.27. The summed E-state index contributed by atoms with van der Waals surface area (Å²) in [6, 6.07) is 14.5. The van der Waals surface area contributed by atoms with E-state index in [1.807, 2.05) is 18.2 Å². The molecular formula is C16H15BrClNO. The summed E-state index contributed by atoms with van der Waals surface area (Å²) in [5, 5.41) is 4.28. The van der Waals surface area contributed by atoms with Crippen molar-refractivity contribution in [3.63, 3.8) is 0 Å². The largest absolute Gasteiger partial charge is 0.492 e. The van der Waals surface area contributed by atoms with Crippen LogP contribution in [0.3, 0.4) is 0 Å². The molecule has 0 spiro atoms. The van der Waals surface area contributed by atoms with E-state index in [4.69, 9.17) is 16.3 Å². The van der Waals surface area contributed by atoms with Crippen LogP contribution < -0.4 is 10.1 Å². The molecular weight excluding hydrogens is 338 g/mol. The van der Waals surface area contributed by atoms with Crippen LogP contribution in [0.5, 0.6) is 5.75 Å². The zero-order valence-electron chi connectivity index (χ0n) is 10.9. The minimum Gasteiger partial charge on any atom is -0.492 e. The van der Waals surface area contributed by atoms with Gasteiger partial charge in [-0.2, -0.15) is 0 Å². The van der Waals surface area contributed by atoms with Crippen molar-refractivity contribution in [3.8, 4) is 5.75 Å². The van der Waals surface area contributed by atoms with Gasteiger partial charge >= 0.3 is 0 Å². The maximum Gasteiger partial charge on any atom is 0.142 e. The number of rotatable bonds is 3. The lowest BCUT2D eigenvalue weighted by atomic mass is 10.0. The molecule has 0 fully saturated rings. The Labute approximate surface area is 132 Å². The van der Waals surface area contributed by atoms with Gasteiger partial charge in [0.25, 0.3) is 0 Å². The van der Waals surface area contributed by atoms with Crippen molar-refractivity contribution >= 4 is 27.5 Å². The molecule has 3 rings (SSSR count). The first-order chi connectivity index (χ1) is 9.75. The van der Waals surface area contributed by atoms with Crippen LogP contribution in [-0.2, 0) is 6.54 Å². The molecule has 1 aliphatic rings. The number of hydrogen-bond donors (Lipinski definition) is 1. The van der Waals surface area contributed by atoms with Gasteiger partial charge in [0.15, 0.2) is 0 Å². The van der Waals surface area contributed by atoms with Crippen LogP contribution in [0.25, 0.3) is 0 Å². The van der Waals surface area contributed by atoms with Crippen LogP contribution in [0.1, 0.15) is 23.6 Å². The molecule has 2 aromatic carbocycles. The second-order valence-corrected chi connectivity index (χ2v) is 6.08. The van der Waals surface area contributed by atoms with E-state index in [1.165, 1.54) is 5.56 Å². The molecule has 1 heterocycles. The molecule has 0 radical (unpaired) electrons. The summed E-state index contributed by atoms with van der Waals surface area (Å²) in [7, 11) is 0. The van der Waals surface area contributed by atoms with E-state index >= 15 is 0 Å². The van der Waals surface area contributed by atoms with Crippen molar-refractivity contribution in [1.82, 2.24) is 5.32 Å². The summed E-state index contributed by atoms with van der Waals surface area (Å²) in [6.45, 7) is 1.52. The number of nitrogens with one attached hydrogen (secondary N) is 1. The predicted molar refractivity (Wildman–Crippen MR) is 85.3 cm³/mol. The van der Waals surface area contributed by atoms with Crippen molar-refractivity contribution in [1.29, 1.82) is 0 Å². The second kappa shape index (κ2) is 6.17. The van der Waals surface area contributed by atoms with Crippen molar-refractivity contribution in [2.75, 3.05) is 6.61 Å². The number of ether oxygens (including phenoxy) is 1. The molecule has 20 heavy (non-hydrogen) atoms. The van der Waals surface area contributed by atoms with E-state index in [1.54, 1.807) is 0 Å². The maximum atomic E-state index is 6.19. The number of benzene rings is 2. The minimum absolute atomic E-state index is 0.282. The minimum atomic E-state index is 0.282. The molecule has 0 aromatic heterocycles. The molecule has 0 saturated heterocycles. The summed E-state index contributed by atoms with van der Waals surface area (Å²) < 4.78 is 6.81. The van der Waals surface area contributed by atoms with Crippen LogP contribution in [-0.4, -0.2) is 6.61 Å². The second-order valence-electron chi connectivity index (χ2n) is 4.82. The normalized spacial score (nSPS) is 17.4. The fraction of sp³-hybridized carbons (Fsp3) is 0.250. The highest BCUT2D eigenvalue weighted by molar-refractivity contribution is 9.10. The van der Waals surface area contributed by atoms with E-state index in [9.17, 15) is 0 Å². The van der Waals surface area contributed by atoms with Gasteiger partial charge in [-0.3, -0.25) is 0 Å². The molecule has 0 aliphatic carbocycles. The van der Waals surface area contributed by atoms with Crippen molar-refractivity contribution in [2.24, 2.45) is 0 Å². The third kappa shape index (κ3) is 2.85. The van der Waals surface area contributed by atoms with Crippen LogP contribution in [0.2, 0.25) is 5.02 Å². The summed E-state index contributed by atoms with van der Waals surface area (Å²) in [5.41, 5.74) is 2.40. The van der Waals surface area contributed by atoms with Gasteiger partial charge in [0.2, 0.25) is 0 Å². The molecule has 0 saturated carbocycles. The molecule has 2 nitrogen and oxygen atoms in total. The molecule has 4 heteroatoms. The summed E-state index contributed by atoms with van der Waals surface area (Å²) >= 11 is 9.77. The Morgan fingerprint density at radius 3 is 2.90 bits per heavy atom. The van der Waals surface area contributed by atoms with Crippen LogP contribution in [0, 0.1) is 0 Å². The lowest BCUT2D eigenvalue weighted by molar-refractivity contribution is 0.252. The molecule has 1 unspecified atom stereocenters. The summed E-state index contributed by atoms with van der Waals surface area (Å²) in [6.07, 6.45) is 0.956. The van der Waals surface area contributed by atoms with Crippen LogP contribution in [0.4, 0.5) is 0 Å². The summed E-state index contributed by atoms with van der Waals surface area (Å²) in [4.78, 5) is 0. The van der Waals surface area contributed by atoms with Gasteiger partial charge < -0.3 is 10.1 Å². The smallest absolute Gasteiger partial charge is 0.142 e. The third-order valence-electron chi connectivity index (χ3n) is 3.52. The average Bonchev–Trinajstić information content (AvgIpc) is 2.47. The van der Waals surface area contributed by atoms with E-state index in [2.05, 4.69) is 45.5 Å². The zero-order valence-corrected chi connectivity index (χ0v) is 13.2. The maximum absolute atomic E-state index is 6.19. The Bertz CT molecular complexity index is 617. The van der Waals surface area contributed by atoms with Gasteiger partial charge in [-0.05, 0) is 17.7 Å². The summed E-state index contributed by atoms with van der Waals surface area (Å²) in [5.74, 6) is 0.824. The Balaban J connectivity index is 1.77. The molecule has 0 bridgehead atoms. The third-order valence-corrected chi connectivity index (χ3v) is 4.59. The number of fused-ring (bicyclic) bond motifs is 1. The number of halogens is 2. The first-order valence-electron chi connectivity index (χ1n) is 6.63. The topological polar surface area (TPSA) is 21.3 Å². The van der Waals surface area contributed by atoms with Gasteiger partial charge in [-0.15, -0.1) is 0 Å². The first-order valence-corrected chi connectivity index (χ1v) is 7.81. The van der Waals surface area contributed by atoms with E-state index < -0.39 is 0 Å². The van der Waals surface area contributed by atoms with Crippen LogP contribution >= 0.6 is 27.5 Å². The molecule has 2 aromatic rings. The lowest BCUT2D eigenvalue weighted by Gasteiger charge is -2.27. The Kier molecular flexibility index (Phi) is 4.29. The Morgan fingerprint density at radius 2 is 2.05 bits per heavy atom. The SMILES string of the molecule is Clc1cccc2c1OCCC2NCc1ccccc1Br. The van der Waals surface area contributed by atoms with Crippen molar-refractivity contribution in [3.05, 3.63) is 63.1 Å². The molecule has 104 valence electrons. The highest BCUT2D eigenvalue weighted by atomic mass is 79.9. The van der Waals surface area contributed by atoms with Gasteiger partial charge in [0.05, 0.1) is 11.6 Å². The van der Waals surface area contributed by atoms with E-state index in [0.29, 0.717) is 11.6 Å². The van der Waals surface area contributed by atoms with Crippen molar-refractivity contribution < 1.29 is 4.74 Å². The Hall–Kier alpha value is -1.03. The van der Waals surface area contributed by atoms with Crippen molar-refractivity contribution in [2.45, 2.75) is 19.0 Å². The average molecular weight is 353 g/mol. The fourth-order valence-corrected chi connectivity index (χ4v) is 3.13. The number of hydrogen-bond acceptors (Lipinski definition) is 2. The highest BCUT2D eigenvalue weighted by Gasteiger charge is 2.22. The van der Waals surface area contributed by atoms with Gasteiger partial charge in [-0.25, -0.2) is 0 Å². The molecule has 0 amide bonds. The van der Waals surface area contributed by atoms with E-state index in [-0.39, 0.29) is 6.04 Å². The predicted octanol–water partition coefficient (Wildman–Crippen LogP) is 4.72. The van der Waals surface area contributed by atoms with Gasteiger partial charge in [0.1, 0.15) is 5.75 Å². The van der Waals surface area contributed by atoms with Gasteiger partial charge in [-0.1, -0.05) is 57.9 Å². The standard InChI is InChI=1S/C16H15BrClNO/c17-13-6-2-1-4-11(13)10-19-15-8-9-20-16-12(15)5-3-7-14(16)18/h1-7,15,19H,8-10H2. The molecule has 1 aliphatic heterocycles. The zero-order chi connectivity index (χ0) is 13.9. The quantitative estimate of drug-likeness (QED) is 0.863. The fourth-order valence-electron chi connectivity index (χ4n) is 2.47. The van der Waals surface area contributed by atoms with Crippen LogP contribution in [0.15, 0.2) is 46.9 Å². The number of para-hydroxylation sites is 1. The van der Waals surface area contributed by atoms with E-state index in [0.717, 1.165) is 28.8 Å². The molecule has 1 atom stereocenters. The monoisotopic (exact) mass is 351 g/mol. The van der Waals surface area contributed by atoms with Gasteiger partial charge in [0, 0.05) is 29.0 Å².